The quantitative estimate of drug-likeness (QED) is 0.897. The molecule has 0 aliphatic carbocycles. The predicted molar refractivity (Wildman–Crippen MR) is 93.1 cm³/mol. The van der Waals surface area contributed by atoms with Crippen LogP contribution in [-0.2, 0) is 24.2 Å². The number of nitrogens with one attached hydrogen (secondary N) is 2. The zero-order valence-electron chi connectivity index (χ0n) is 13.4. The number of hydrogen-bond acceptors (Lipinski definition) is 4. The first-order valence-electron chi connectivity index (χ1n) is 7.67. The van der Waals surface area contributed by atoms with Crippen LogP contribution in [0.2, 0.25) is 0 Å². The summed E-state index contributed by atoms with van der Waals surface area (Å²) in [7, 11) is 1.38. The van der Waals surface area contributed by atoms with Gasteiger partial charge in [-0.05, 0) is 41.1 Å². The number of urea groups is 1. The second kappa shape index (κ2) is 7.35. The fraction of sp³-hybridized carbons (Fsp3) is 0.294. The van der Waals surface area contributed by atoms with Crippen molar-refractivity contribution in [2.45, 2.75) is 19.5 Å². The topological polar surface area (TPSA) is 70.7 Å². The van der Waals surface area contributed by atoms with E-state index in [9.17, 15) is 9.59 Å². The SMILES string of the molecule is COC(=O)N1CCc2ccc(NC(=O)NCc3cccs3)cc2C1. The summed E-state index contributed by atoms with van der Waals surface area (Å²) < 4.78 is 4.78. The predicted octanol–water partition coefficient (Wildman–Crippen LogP) is 3.19. The van der Waals surface area contributed by atoms with E-state index in [4.69, 9.17) is 4.74 Å². The Morgan fingerprint density at radius 3 is 2.92 bits per heavy atom. The maximum absolute atomic E-state index is 12.0. The molecule has 0 fully saturated rings. The van der Waals surface area contributed by atoms with E-state index in [1.165, 1.54) is 12.7 Å². The molecule has 6 nitrogen and oxygen atoms in total. The van der Waals surface area contributed by atoms with Crippen LogP contribution in [0.5, 0.6) is 0 Å². The summed E-state index contributed by atoms with van der Waals surface area (Å²) in [5, 5.41) is 7.64. The number of anilines is 1. The minimum atomic E-state index is -0.326. The van der Waals surface area contributed by atoms with E-state index >= 15 is 0 Å². The van der Waals surface area contributed by atoms with Gasteiger partial charge in [0.15, 0.2) is 0 Å². The highest BCUT2D eigenvalue weighted by molar-refractivity contribution is 7.09. The van der Waals surface area contributed by atoms with E-state index in [2.05, 4.69) is 10.6 Å². The highest BCUT2D eigenvalue weighted by atomic mass is 32.1. The molecular weight excluding hydrogens is 326 g/mol. The van der Waals surface area contributed by atoms with Crippen molar-refractivity contribution in [3.8, 4) is 0 Å². The van der Waals surface area contributed by atoms with Crippen molar-refractivity contribution >= 4 is 29.1 Å². The van der Waals surface area contributed by atoms with Crippen LogP contribution in [0.1, 0.15) is 16.0 Å². The highest BCUT2D eigenvalue weighted by Gasteiger charge is 2.21. The third-order valence-electron chi connectivity index (χ3n) is 3.91. The third kappa shape index (κ3) is 3.86. The minimum absolute atomic E-state index is 0.246. The largest absolute Gasteiger partial charge is 0.453 e. The first kappa shape index (κ1) is 16.3. The van der Waals surface area contributed by atoms with Crippen molar-refractivity contribution in [3.05, 3.63) is 51.7 Å². The second-order valence-electron chi connectivity index (χ2n) is 5.51. The first-order chi connectivity index (χ1) is 11.7. The summed E-state index contributed by atoms with van der Waals surface area (Å²) in [4.78, 5) is 26.4. The summed E-state index contributed by atoms with van der Waals surface area (Å²) in [6, 6.07) is 9.48. The molecule has 1 aliphatic rings. The van der Waals surface area contributed by atoms with Crippen LogP contribution in [0, 0.1) is 0 Å². The Bertz CT molecular complexity index is 731. The number of carbonyl (C=O) groups excluding carboxylic acids is 2. The van der Waals surface area contributed by atoms with Crippen LogP contribution >= 0.6 is 11.3 Å². The molecule has 0 saturated carbocycles. The van der Waals surface area contributed by atoms with Crippen molar-refractivity contribution in [1.29, 1.82) is 0 Å². The Morgan fingerprint density at radius 1 is 1.29 bits per heavy atom. The maximum Gasteiger partial charge on any atom is 0.409 e. The molecule has 3 rings (SSSR count). The van der Waals surface area contributed by atoms with E-state index < -0.39 is 0 Å². The molecular formula is C17H19N3O3S. The Balaban J connectivity index is 1.61. The average molecular weight is 345 g/mol. The van der Waals surface area contributed by atoms with Crippen molar-refractivity contribution < 1.29 is 14.3 Å². The molecule has 0 bridgehead atoms. The van der Waals surface area contributed by atoms with Crippen LogP contribution in [0.3, 0.4) is 0 Å². The highest BCUT2D eigenvalue weighted by Crippen LogP contribution is 2.23. The number of fused-ring (bicyclic) bond motifs is 1. The molecule has 1 aromatic heterocycles. The normalized spacial score (nSPS) is 13.1. The van der Waals surface area contributed by atoms with Crippen LogP contribution < -0.4 is 10.6 Å². The molecule has 3 amide bonds. The van der Waals surface area contributed by atoms with Gasteiger partial charge in [0.1, 0.15) is 0 Å². The van der Waals surface area contributed by atoms with Gasteiger partial charge in [0, 0.05) is 23.7 Å². The standard InChI is InChI=1S/C17H19N3O3S/c1-23-17(22)20-7-6-12-4-5-14(9-13(12)11-20)19-16(21)18-10-15-3-2-8-24-15/h2-5,8-9H,6-7,10-11H2,1H3,(H2,18,19,21). The van der Waals surface area contributed by atoms with Gasteiger partial charge >= 0.3 is 12.1 Å². The van der Waals surface area contributed by atoms with E-state index in [0.717, 1.165) is 16.9 Å². The number of nitrogens with zero attached hydrogens (tertiary/aromatic N) is 1. The number of rotatable bonds is 3. The molecule has 1 aliphatic heterocycles. The number of hydrogen-bond donors (Lipinski definition) is 2. The van der Waals surface area contributed by atoms with Gasteiger partial charge in [-0.1, -0.05) is 12.1 Å². The van der Waals surface area contributed by atoms with Crippen LogP contribution in [0.25, 0.3) is 0 Å². The van der Waals surface area contributed by atoms with Crippen LogP contribution in [0.4, 0.5) is 15.3 Å². The summed E-state index contributed by atoms with van der Waals surface area (Å²) in [5.74, 6) is 0. The zero-order chi connectivity index (χ0) is 16.9. The lowest BCUT2D eigenvalue weighted by Crippen LogP contribution is -2.36. The van der Waals surface area contributed by atoms with Gasteiger partial charge in [-0.2, -0.15) is 0 Å². The molecule has 2 heterocycles. The molecule has 126 valence electrons. The lowest BCUT2D eigenvalue weighted by atomic mass is 9.99. The second-order valence-corrected chi connectivity index (χ2v) is 6.54. The third-order valence-corrected chi connectivity index (χ3v) is 4.79. The number of benzene rings is 1. The molecule has 0 atom stereocenters. The van der Waals surface area contributed by atoms with Crippen molar-refractivity contribution in [1.82, 2.24) is 10.2 Å². The van der Waals surface area contributed by atoms with Gasteiger partial charge < -0.3 is 20.3 Å². The van der Waals surface area contributed by atoms with Gasteiger partial charge in [0.05, 0.1) is 13.7 Å². The van der Waals surface area contributed by atoms with Crippen molar-refractivity contribution in [2.24, 2.45) is 0 Å². The van der Waals surface area contributed by atoms with E-state index in [1.54, 1.807) is 16.2 Å². The van der Waals surface area contributed by atoms with Crippen LogP contribution in [0.15, 0.2) is 35.7 Å². The monoisotopic (exact) mass is 345 g/mol. The molecule has 2 aromatic rings. The average Bonchev–Trinajstić information content (AvgIpc) is 3.12. The molecule has 0 spiro atoms. The fourth-order valence-corrected chi connectivity index (χ4v) is 3.32. The van der Waals surface area contributed by atoms with E-state index in [-0.39, 0.29) is 12.1 Å². The van der Waals surface area contributed by atoms with Crippen molar-refractivity contribution in [2.75, 3.05) is 19.0 Å². The molecule has 7 heteroatoms. The van der Waals surface area contributed by atoms with E-state index in [1.807, 2.05) is 35.7 Å². The molecule has 0 unspecified atom stereocenters. The summed E-state index contributed by atoms with van der Waals surface area (Å²) in [6.45, 7) is 1.65. The zero-order valence-corrected chi connectivity index (χ0v) is 14.2. The smallest absolute Gasteiger partial charge is 0.409 e. The van der Waals surface area contributed by atoms with E-state index in [0.29, 0.717) is 25.3 Å². The maximum atomic E-state index is 12.0. The number of methoxy groups -OCH3 is 1. The molecule has 0 radical (unpaired) electrons. The summed E-state index contributed by atoms with van der Waals surface area (Å²) in [5.41, 5.74) is 2.94. The van der Waals surface area contributed by atoms with Gasteiger partial charge in [-0.3, -0.25) is 0 Å². The van der Waals surface area contributed by atoms with Gasteiger partial charge in [0.2, 0.25) is 0 Å². The molecule has 0 saturated heterocycles. The van der Waals surface area contributed by atoms with Gasteiger partial charge in [-0.25, -0.2) is 9.59 Å². The number of ether oxygens (including phenoxy) is 1. The molecule has 1 aromatic carbocycles. The Morgan fingerprint density at radius 2 is 2.17 bits per heavy atom. The van der Waals surface area contributed by atoms with Crippen LogP contribution in [-0.4, -0.2) is 30.7 Å². The number of carbonyl (C=O) groups is 2. The van der Waals surface area contributed by atoms with Gasteiger partial charge in [-0.15, -0.1) is 11.3 Å². The summed E-state index contributed by atoms with van der Waals surface area (Å²) >= 11 is 1.60. The Labute approximate surface area is 144 Å². The fourth-order valence-electron chi connectivity index (χ4n) is 2.68. The number of amides is 3. The van der Waals surface area contributed by atoms with Gasteiger partial charge in [0.25, 0.3) is 0 Å². The minimum Gasteiger partial charge on any atom is -0.453 e. The lowest BCUT2D eigenvalue weighted by molar-refractivity contribution is 0.118. The first-order valence-corrected chi connectivity index (χ1v) is 8.55. The summed E-state index contributed by atoms with van der Waals surface area (Å²) in [6.07, 6.45) is 0.461. The Hall–Kier alpha value is -2.54. The number of thiophene rings is 1. The Kier molecular flexibility index (Phi) is 5.00. The molecule has 24 heavy (non-hydrogen) atoms. The molecule has 2 N–H and O–H groups in total. The lowest BCUT2D eigenvalue weighted by Gasteiger charge is -2.28. The van der Waals surface area contributed by atoms with Crippen molar-refractivity contribution in [3.63, 3.8) is 0 Å².